The van der Waals surface area contributed by atoms with Crippen molar-refractivity contribution >= 4 is 30.6 Å². The lowest BCUT2D eigenvalue weighted by atomic mass is 10.2. The summed E-state index contributed by atoms with van der Waals surface area (Å²) in [5.74, 6) is 0.882. The number of amidine groups is 1. The molecule has 0 aromatic heterocycles. The molecule has 0 saturated carbocycles. The Bertz CT molecular complexity index is 273. The van der Waals surface area contributed by atoms with Crippen LogP contribution < -0.4 is 5.32 Å². The van der Waals surface area contributed by atoms with Gasteiger partial charge in [-0.1, -0.05) is 44.2 Å². The lowest BCUT2D eigenvalue weighted by Crippen LogP contribution is -2.26. The second-order valence-corrected chi connectivity index (χ2v) is 3.41. The molecular weight excluding hydrogens is 231 g/mol. The smallest absolute Gasteiger partial charge is 0.0960 e. The maximum Gasteiger partial charge on any atom is 0.0960 e. The zero-order chi connectivity index (χ0) is 9.68. The number of halogens is 2. The van der Waals surface area contributed by atoms with E-state index in [2.05, 4.69) is 17.4 Å². The topological polar surface area (TPSA) is 35.9 Å². The molecule has 0 spiro atoms. The highest BCUT2D eigenvalue weighted by atomic mass is 35.5. The lowest BCUT2D eigenvalue weighted by Gasteiger charge is -2.10. The van der Waals surface area contributed by atoms with Crippen molar-refractivity contribution in [3.8, 4) is 0 Å². The number of benzene rings is 1. The molecule has 0 aliphatic rings. The largest absolute Gasteiger partial charge is 0.370 e. The maximum atomic E-state index is 7.58. The first kappa shape index (κ1) is 16.7. The minimum atomic E-state index is 0. The molecule has 1 aromatic carbocycles. The maximum absolute atomic E-state index is 7.58. The molecule has 0 unspecified atom stereocenters. The summed E-state index contributed by atoms with van der Waals surface area (Å²) in [7, 11) is 0. The molecule has 0 saturated heterocycles. The summed E-state index contributed by atoms with van der Waals surface area (Å²) in [6.07, 6.45) is 0. The molecule has 0 fully saturated rings. The molecule has 1 rings (SSSR count). The quantitative estimate of drug-likeness (QED) is 0.626. The van der Waals surface area contributed by atoms with Crippen LogP contribution in [0.5, 0.6) is 0 Å². The van der Waals surface area contributed by atoms with E-state index in [4.69, 9.17) is 5.41 Å². The normalized spacial score (nSPS) is 8.73. The fourth-order valence-corrected chi connectivity index (χ4v) is 0.997. The van der Waals surface area contributed by atoms with E-state index in [-0.39, 0.29) is 30.7 Å². The van der Waals surface area contributed by atoms with E-state index in [9.17, 15) is 0 Å². The molecule has 2 nitrogen and oxygen atoms in total. The van der Waals surface area contributed by atoms with Crippen molar-refractivity contribution in [1.29, 1.82) is 5.41 Å². The van der Waals surface area contributed by atoms with Gasteiger partial charge in [0, 0.05) is 12.5 Å². The van der Waals surface area contributed by atoms with Crippen LogP contribution >= 0.6 is 24.8 Å². The van der Waals surface area contributed by atoms with Crippen LogP contribution in [0.1, 0.15) is 19.4 Å². The van der Waals surface area contributed by atoms with Crippen LogP contribution in [-0.2, 0) is 6.54 Å². The minimum absolute atomic E-state index is 0. The fraction of sp³-hybridized carbons (Fsp3) is 0.364. The second-order valence-electron chi connectivity index (χ2n) is 3.41. The van der Waals surface area contributed by atoms with Crippen LogP contribution in [0, 0.1) is 11.3 Å². The molecule has 15 heavy (non-hydrogen) atoms. The third-order valence-corrected chi connectivity index (χ3v) is 1.90. The summed E-state index contributed by atoms with van der Waals surface area (Å²) >= 11 is 0. The van der Waals surface area contributed by atoms with Crippen LogP contribution in [0.2, 0.25) is 0 Å². The van der Waals surface area contributed by atoms with Gasteiger partial charge < -0.3 is 5.32 Å². The van der Waals surface area contributed by atoms with Crippen LogP contribution in [-0.4, -0.2) is 5.84 Å². The molecule has 0 bridgehead atoms. The first-order valence-electron chi connectivity index (χ1n) is 4.56. The van der Waals surface area contributed by atoms with Crippen molar-refractivity contribution < 1.29 is 0 Å². The van der Waals surface area contributed by atoms with Crippen LogP contribution in [0.25, 0.3) is 0 Å². The number of hydrogen-bond acceptors (Lipinski definition) is 1. The van der Waals surface area contributed by atoms with E-state index in [1.165, 1.54) is 5.56 Å². The van der Waals surface area contributed by atoms with Gasteiger partial charge in [-0.3, -0.25) is 5.41 Å². The highest BCUT2D eigenvalue weighted by molar-refractivity contribution is 5.85. The van der Waals surface area contributed by atoms with Crippen molar-refractivity contribution in [2.24, 2.45) is 5.92 Å². The fourth-order valence-electron chi connectivity index (χ4n) is 0.997. The third kappa shape index (κ3) is 6.37. The molecule has 86 valence electrons. The molecule has 4 heteroatoms. The monoisotopic (exact) mass is 248 g/mol. The average Bonchev–Trinajstić information content (AvgIpc) is 2.15. The Labute approximate surface area is 104 Å². The van der Waals surface area contributed by atoms with E-state index >= 15 is 0 Å². The lowest BCUT2D eigenvalue weighted by molar-refractivity contribution is 0.779. The first-order chi connectivity index (χ1) is 6.20. The first-order valence-corrected chi connectivity index (χ1v) is 4.56. The van der Waals surface area contributed by atoms with Gasteiger partial charge >= 0.3 is 0 Å². The predicted octanol–water partition coefficient (Wildman–Crippen LogP) is 3.25. The molecule has 0 heterocycles. The Morgan fingerprint density at radius 1 is 1.20 bits per heavy atom. The Balaban J connectivity index is 0. The van der Waals surface area contributed by atoms with Crippen molar-refractivity contribution in [3.05, 3.63) is 35.9 Å². The molecule has 0 aliphatic carbocycles. The summed E-state index contributed by atoms with van der Waals surface area (Å²) < 4.78 is 0. The van der Waals surface area contributed by atoms with Gasteiger partial charge in [0.2, 0.25) is 0 Å². The molecule has 0 atom stereocenters. The summed E-state index contributed by atoms with van der Waals surface area (Å²) in [5.41, 5.74) is 1.22. The highest BCUT2D eigenvalue weighted by Gasteiger charge is 2.00. The average molecular weight is 249 g/mol. The molecule has 2 N–H and O–H groups in total. The van der Waals surface area contributed by atoms with Gasteiger partial charge in [-0.15, -0.1) is 24.8 Å². The van der Waals surface area contributed by atoms with Gasteiger partial charge in [0.25, 0.3) is 0 Å². The Morgan fingerprint density at radius 3 is 2.20 bits per heavy atom. The van der Waals surface area contributed by atoms with E-state index in [0.717, 1.165) is 6.54 Å². The predicted molar refractivity (Wildman–Crippen MR) is 70.3 cm³/mol. The van der Waals surface area contributed by atoms with Gasteiger partial charge in [0.1, 0.15) is 0 Å². The molecular formula is C11H18Cl2N2. The van der Waals surface area contributed by atoms with Gasteiger partial charge in [-0.25, -0.2) is 0 Å². The number of hydrogen-bond donors (Lipinski definition) is 2. The standard InChI is InChI=1S/C11H16N2.2ClH/c1-9(2)11(12)13-8-10-6-4-3-5-7-10;;/h3-7,9H,8H2,1-2H3,(H2,12,13);2*1H. The van der Waals surface area contributed by atoms with Crippen LogP contribution in [0.3, 0.4) is 0 Å². The molecule has 0 radical (unpaired) electrons. The zero-order valence-corrected chi connectivity index (χ0v) is 10.6. The Morgan fingerprint density at radius 2 is 1.73 bits per heavy atom. The van der Waals surface area contributed by atoms with E-state index in [0.29, 0.717) is 5.84 Å². The van der Waals surface area contributed by atoms with Gasteiger partial charge in [-0.05, 0) is 5.56 Å². The van der Waals surface area contributed by atoms with Gasteiger partial charge in [0.05, 0.1) is 5.84 Å². The van der Waals surface area contributed by atoms with E-state index in [1.807, 2.05) is 32.0 Å². The zero-order valence-electron chi connectivity index (χ0n) is 8.99. The Hall–Kier alpha value is -0.730. The molecule has 1 aromatic rings. The second kappa shape index (κ2) is 8.57. The van der Waals surface area contributed by atoms with Gasteiger partial charge in [0.15, 0.2) is 0 Å². The van der Waals surface area contributed by atoms with E-state index < -0.39 is 0 Å². The summed E-state index contributed by atoms with van der Waals surface area (Å²) in [5, 5.41) is 10.7. The van der Waals surface area contributed by atoms with Crippen LogP contribution in [0.4, 0.5) is 0 Å². The summed E-state index contributed by atoms with van der Waals surface area (Å²) in [6, 6.07) is 10.1. The SMILES string of the molecule is CC(C)C(=N)NCc1ccccc1.Cl.Cl. The van der Waals surface area contributed by atoms with Crippen molar-refractivity contribution in [1.82, 2.24) is 5.32 Å². The highest BCUT2D eigenvalue weighted by Crippen LogP contribution is 1.98. The summed E-state index contributed by atoms with van der Waals surface area (Å²) in [4.78, 5) is 0. The molecule has 0 aliphatic heterocycles. The minimum Gasteiger partial charge on any atom is -0.370 e. The Kier molecular flexibility index (Phi) is 9.53. The van der Waals surface area contributed by atoms with E-state index in [1.54, 1.807) is 0 Å². The number of nitrogens with one attached hydrogen (secondary N) is 2. The third-order valence-electron chi connectivity index (χ3n) is 1.90. The van der Waals surface area contributed by atoms with Crippen LogP contribution in [0.15, 0.2) is 30.3 Å². The van der Waals surface area contributed by atoms with Crippen molar-refractivity contribution in [2.45, 2.75) is 20.4 Å². The number of rotatable bonds is 3. The molecule has 0 amide bonds. The van der Waals surface area contributed by atoms with Crippen molar-refractivity contribution in [2.75, 3.05) is 0 Å². The van der Waals surface area contributed by atoms with Crippen molar-refractivity contribution in [3.63, 3.8) is 0 Å². The van der Waals surface area contributed by atoms with Gasteiger partial charge in [-0.2, -0.15) is 0 Å². The summed E-state index contributed by atoms with van der Waals surface area (Å²) in [6.45, 7) is 4.78.